The molecular weight excluding hydrogens is 465 g/mol. The quantitative estimate of drug-likeness (QED) is 0.507. The Labute approximate surface area is 188 Å². The van der Waals surface area contributed by atoms with Gasteiger partial charge in [-0.25, -0.2) is 13.6 Å². The number of hydrogen-bond acceptors (Lipinski definition) is 4. The summed E-state index contributed by atoms with van der Waals surface area (Å²) in [6.45, 7) is -1.59. The summed E-state index contributed by atoms with van der Waals surface area (Å²) in [5.74, 6) is -3.51. The second kappa shape index (κ2) is 8.43. The van der Waals surface area contributed by atoms with Gasteiger partial charge in [0.25, 0.3) is 11.8 Å². The first-order valence-electron chi connectivity index (χ1n) is 9.84. The van der Waals surface area contributed by atoms with Gasteiger partial charge in [0.1, 0.15) is 11.5 Å². The number of pyridine rings is 1. The summed E-state index contributed by atoms with van der Waals surface area (Å²) >= 11 is 0. The number of carbonyl (C=O) groups excluding carboxylic acids is 1. The van der Waals surface area contributed by atoms with Crippen LogP contribution in [0.25, 0.3) is 22.6 Å². The molecule has 7 nitrogen and oxygen atoms in total. The highest BCUT2D eigenvalue weighted by Gasteiger charge is 2.46. The Morgan fingerprint density at radius 3 is 2.44 bits per heavy atom. The van der Waals surface area contributed by atoms with Crippen LogP contribution in [0, 0.1) is 0 Å². The Bertz CT molecular complexity index is 1230. The second-order valence-electron chi connectivity index (χ2n) is 7.63. The van der Waals surface area contributed by atoms with Crippen molar-refractivity contribution >= 4 is 12.0 Å². The lowest BCUT2D eigenvalue weighted by Crippen LogP contribution is -2.58. The van der Waals surface area contributed by atoms with Crippen molar-refractivity contribution in [1.29, 1.82) is 0 Å². The van der Waals surface area contributed by atoms with E-state index in [4.69, 9.17) is 9.52 Å². The number of likely N-dealkylation sites (tertiary alicyclic amines) is 1. The molecule has 1 aromatic carbocycles. The van der Waals surface area contributed by atoms with E-state index in [1.54, 1.807) is 0 Å². The van der Waals surface area contributed by atoms with E-state index in [1.165, 1.54) is 36.4 Å². The van der Waals surface area contributed by atoms with Crippen molar-refractivity contribution in [3.05, 3.63) is 65.5 Å². The van der Waals surface area contributed by atoms with Gasteiger partial charge in [-0.1, -0.05) is 6.07 Å². The lowest BCUT2D eigenvalue weighted by atomic mass is 9.99. The number of furan rings is 1. The van der Waals surface area contributed by atoms with E-state index < -0.39 is 42.8 Å². The number of carboxylic acid groups (broad SMARTS) is 1. The molecule has 1 aliphatic rings. The molecule has 0 atom stereocenters. The predicted octanol–water partition coefficient (Wildman–Crippen LogP) is 4.89. The monoisotopic (exact) mass is 481 g/mol. The number of nitrogens with zero attached hydrogens (tertiary/aromatic N) is 2. The van der Waals surface area contributed by atoms with E-state index in [0.717, 1.165) is 17.2 Å². The Morgan fingerprint density at radius 1 is 1.12 bits per heavy atom. The van der Waals surface area contributed by atoms with Crippen LogP contribution in [-0.2, 0) is 12.7 Å². The van der Waals surface area contributed by atoms with Gasteiger partial charge in [-0.05, 0) is 36.4 Å². The van der Waals surface area contributed by atoms with Gasteiger partial charge in [-0.15, -0.1) is 0 Å². The first-order valence-corrected chi connectivity index (χ1v) is 9.84. The van der Waals surface area contributed by atoms with Gasteiger partial charge in [0.2, 0.25) is 0 Å². The number of nitrogens with one attached hydrogen (secondary N) is 1. The Hall–Kier alpha value is -3.96. The van der Waals surface area contributed by atoms with Gasteiger partial charge in [0.05, 0.1) is 36.5 Å². The van der Waals surface area contributed by atoms with E-state index in [9.17, 15) is 31.5 Å². The smallest absolute Gasteiger partial charge is 0.417 e. The number of amides is 2. The molecule has 2 N–H and O–H groups in total. The fourth-order valence-electron chi connectivity index (χ4n) is 3.46. The fraction of sp³-hybridized carbons (Fsp3) is 0.227. The Morgan fingerprint density at radius 2 is 1.85 bits per heavy atom. The normalized spacial score (nSPS) is 15.0. The molecule has 34 heavy (non-hydrogen) atoms. The van der Waals surface area contributed by atoms with Crippen molar-refractivity contribution in [3.8, 4) is 22.6 Å². The molecule has 1 aliphatic heterocycles. The van der Waals surface area contributed by atoms with Crippen LogP contribution in [0.1, 0.15) is 21.7 Å². The van der Waals surface area contributed by atoms with Gasteiger partial charge in [0, 0.05) is 17.3 Å². The minimum absolute atomic E-state index is 0.0463. The zero-order valence-electron chi connectivity index (χ0n) is 17.2. The van der Waals surface area contributed by atoms with Crippen LogP contribution in [-0.4, -0.2) is 46.0 Å². The molecule has 0 aliphatic carbocycles. The van der Waals surface area contributed by atoms with E-state index >= 15 is 0 Å². The molecule has 2 aromatic heterocycles. The number of benzene rings is 1. The third-order valence-electron chi connectivity index (χ3n) is 5.10. The van der Waals surface area contributed by atoms with Crippen LogP contribution in [0.5, 0.6) is 0 Å². The first-order chi connectivity index (χ1) is 15.9. The Balaban J connectivity index is 1.59. The van der Waals surface area contributed by atoms with Crippen LogP contribution in [0.15, 0.2) is 53.1 Å². The summed E-state index contributed by atoms with van der Waals surface area (Å²) < 4.78 is 72.7. The highest BCUT2D eigenvalue weighted by atomic mass is 19.4. The number of carbonyl (C=O) groups is 2. The third kappa shape index (κ3) is 4.85. The number of alkyl halides is 5. The van der Waals surface area contributed by atoms with Crippen molar-refractivity contribution in [3.63, 3.8) is 0 Å². The van der Waals surface area contributed by atoms with Crippen molar-refractivity contribution in [2.24, 2.45) is 0 Å². The minimum Gasteiger partial charge on any atom is -0.465 e. The van der Waals surface area contributed by atoms with Gasteiger partial charge in [-0.2, -0.15) is 13.2 Å². The molecule has 1 saturated heterocycles. The van der Waals surface area contributed by atoms with Crippen LogP contribution >= 0.6 is 0 Å². The van der Waals surface area contributed by atoms with E-state index in [-0.39, 0.29) is 40.4 Å². The summed E-state index contributed by atoms with van der Waals surface area (Å²) in [6, 6.07) is 8.80. The van der Waals surface area contributed by atoms with Gasteiger partial charge >= 0.3 is 12.3 Å². The summed E-state index contributed by atoms with van der Waals surface area (Å²) in [4.78, 5) is 27.8. The first kappa shape index (κ1) is 23.2. The van der Waals surface area contributed by atoms with Gasteiger partial charge in [-0.3, -0.25) is 9.78 Å². The molecule has 178 valence electrons. The maximum Gasteiger partial charge on any atom is 0.417 e. The third-order valence-corrected chi connectivity index (χ3v) is 5.10. The molecule has 0 saturated carbocycles. The lowest BCUT2D eigenvalue weighted by Gasteiger charge is -2.38. The topological polar surface area (TPSA) is 95.7 Å². The van der Waals surface area contributed by atoms with Crippen LogP contribution < -0.4 is 5.32 Å². The molecule has 0 radical (unpaired) electrons. The van der Waals surface area contributed by atoms with Gasteiger partial charge in [0.15, 0.2) is 0 Å². The maximum absolute atomic E-state index is 13.8. The molecule has 1 fully saturated rings. The number of aromatic nitrogens is 1. The zero-order valence-corrected chi connectivity index (χ0v) is 17.2. The molecule has 0 bridgehead atoms. The number of hydrogen-bond donors (Lipinski definition) is 2. The fourth-order valence-corrected chi connectivity index (χ4v) is 3.46. The molecule has 3 aromatic rings. The SMILES string of the molecule is O=C(O)NCc1ccc(-c2ccc(-c3ccc(C(=O)N4CC(F)(F)C4)cn3)cc2C(F)(F)F)o1. The lowest BCUT2D eigenvalue weighted by molar-refractivity contribution is -0.137. The molecule has 2 amide bonds. The average molecular weight is 481 g/mol. The van der Waals surface area contributed by atoms with Gasteiger partial charge < -0.3 is 19.7 Å². The molecule has 3 heterocycles. The molecule has 12 heteroatoms. The Kier molecular flexibility index (Phi) is 5.75. The maximum atomic E-state index is 13.8. The summed E-state index contributed by atoms with van der Waals surface area (Å²) in [7, 11) is 0. The van der Waals surface area contributed by atoms with Crippen molar-refractivity contribution in [2.75, 3.05) is 13.1 Å². The number of halogens is 5. The second-order valence-corrected chi connectivity index (χ2v) is 7.63. The standard InChI is InChI=1S/C22H16F5N3O4/c23-21(24)10-30(11-21)19(31)13-2-5-17(28-8-13)12-1-4-15(16(7-12)22(25,26)27)18-6-3-14(34-18)9-29-20(32)33/h1-8,29H,9-11H2,(H,32,33). The highest BCUT2D eigenvalue weighted by molar-refractivity contribution is 5.94. The van der Waals surface area contributed by atoms with Crippen LogP contribution in [0.2, 0.25) is 0 Å². The summed E-state index contributed by atoms with van der Waals surface area (Å²) in [6.07, 6.45) is -4.92. The van der Waals surface area contributed by atoms with E-state index in [1.807, 2.05) is 0 Å². The molecule has 0 spiro atoms. The predicted molar refractivity (Wildman–Crippen MR) is 108 cm³/mol. The molecule has 4 rings (SSSR count). The highest BCUT2D eigenvalue weighted by Crippen LogP contribution is 2.40. The molecule has 0 unspecified atom stereocenters. The van der Waals surface area contributed by atoms with E-state index in [2.05, 4.69) is 10.3 Å². The van der Waals surface area contributed by atoms with Crippen LogP contribution in [0.3, 0.4) is 0 Å². The van der Waals surface area contributed by atoms with Crippen molar-refractivity contribution in [2.45, 2.75) is 18.6 Å². The largest absolute Gasteiger partial charge is 0.465 e. The summed E-state index contributed by atoms with van der Waals surface area (Å²) in [5.41, 5.74) is -0.937. The zero-order chi connectivity index (χ0) is 24.7. The molecular formula is C22H16F5N3O4. The van der Waals surface area contributed by atoms with Crippen LogP contribution in [0.4, 0.5) is 26.7 Å². The number of rotatable bonds is 5. The average Bonchev–Trinajstić information content (AvgIpc) is 3.23. The minimum atomic E-state index is -4.74. The van der Waals surface area contributed by atoms with Crippen molar-refractivity contribution in [1.82, 2.24) is 15.2 Å². The summed E-state index contributed by atoms with van der Waals surface area (Å²) in [5, 5.41) is 10.7. The van der Waals surface area contributed by atoms with Crippen molar-refractivity contribution < 1.29 is 41.1 Å². The van der Waals surface area contributed by atoms with E-state index in [0.29, 0.717) is 0 Å².